The zero-order valence-electron chi connectivity index (χ0n) is 19.4. The van der Waals surface area contributed by atoms with Crippen molar-refractivity contribution in [3.63, 3.8) is 0 Å². The Morgan fingerprint density at radius 3 is 2.53 bits per heavy atom. The summed E-state index contributed by atoms with van der Waals surface area (Å²) in [4.78, 5) is 13.8. The molecule has 0 spiro atoms. The van der Waals surface area contributed by atoms with Crippen LogP contribution in [0.15, 0.2) is 40.7 Å². The first kappa shape index (κ1) is 26.0. The minimum absolute atomic E-state index is 0. The highest BCUT2D eigenvalue weighted by atomic mass is 127. The lowest BCUT2D eigenvalue weighted by Gasteiger charge is -2.23. The third-order valence-corrected chi connectivity index (χ3v) is 5.95. The average Bonchev–Trinajstić information content (AvgIpc) is 3.32. The molecule has 0 aliphatic rings. The second-order valence-electron chi connectivity index (χ2n) is 7.61. The lowest BCUT2D eigenvalue weighted by atomic mass is 10.3. The molecule has 0 amide bonds. The molecule has 0 aliphatic carbocycles. The van der Waals surface area contributed by atoms with Crippen molar-refractivity contribution in [2.45, 2.75) is 33.4 Å². The van der Waals surface area contributed by atoms with E-state index in [1.54, 1.807) is 11.3 Å². The van der Waals surface area contributed by atoms with E-state index in [-0.39, 0.29) is 24.0 Å². The number of thiazole rings is 1. The third-order valence-electron chi connectivity index (χ3n) is 5.13. The Kier molecular flexibility index (Phi) is 10.4. The number of rotatable bonds is 9. The number of para-hydroxylation sites is 1. The normalized spacial score (nSPS) is 11.2. The molecule has 0 saturated carbocycles. The quantitative estimate of drug-likeness (QED) is 0.184. The van der Waals surface area contributed by atoms with Gasteiger partial charge in [0.25, 0.3) is 0 Å². The van der Waals surface area contributed by atoms with Crippen LogP contribution in [0.2, 0.25) is 0 Å². The van der Waals surface area contributed by atoms with Crippen LogP contribution in [-0.2, 0) is 20.1 Å². The van der Waals surface area contributed by atoms with Gasteiger partial charge in [0, 0.05) is 45.3 Å². The molecule has 0 saturated heterocycles. The molecule has 8 nitrogen and oxygen atoms in total. The molecule has 0 bridgehead atoms. The number of aliphatic imine (C=N–C) groups is 1. The minimum atomic E-state index is 0. The van der Waals surface area contributed by atoms with Gasteiger partial charge in [-0.05, 0) is 32.4 Å². The number of aromatic nitrogens is 4. The van der Waals surface area contributed by atoms with Gasteiger partial charge in [-0.2, -0.15) is 0 Å². The first-order valence-corrected chi connectivity index (χ1v) is 11.3. The highest BCUT2D eigenvalue weighted by Gasteiger charge is 2.11. The van der Waals surface area contributed by atoms with E-state index in [0.717, 1.165) is 47.8 Å². The number of nitrogens with one attached hydrogen (secondary N) is 1. The number of benzene rings is 1. The van der Waals surface area contributed by atoms with Gasteiger partial charge < -0.3 is 19.7 Å². The number of hydrogen-bond donors (Lipinski definition) is 1. The van der Waals surface area contributed by atoms with Crippen LogP contribution in [0.3, 0.4) is 0 Å². The van der Waals surface area contributed by atoms with Crippen molar-refractivity contribution in [3.05, 3.63) is 58.1 Å². The molecule has 3 aromatic rings. The summed E-state index contributed by atoms with van der Waals surface area (Å²) >= 11 is 1.67. The molecule has 2 heterocycles. The van der Waals surface area contributed by atoms with Crippen LogP contribution < -0.4 is 10.2 Å². The van der Waals surface area contributed by atoms with Crippen molar-refractivity contribution < 1.29 is 0 Å². The van der Waals surface area contributed by atoms with Crippen molar-refractivity contribution in [2.75, 3.05) is 32.1 Å². The van der Waals surface area contributed by atoms with E-state index in [2.05, 4.69) is 67.0 Å². The number of anilines is 1. The summed E-state index contributed by atoms with van der Waals surface area (Å²) in [6.45, 7) is 6.94. The van der Waals surface area contributed by atoms with Gasteiger partial charge in [0.05, 0.1) is 17.2 Å². The molecule has 0 aliphatic heterocycles. The van der Waals surface area contributed by atoms with Crippen LogP contribution in [-0.4, -0.2) is 57.8 Å². The molecule has 1 aromatic carbocycles. The van der Waals surface area contributed by atoms with Crippen molar-refractivity contribution in [3.8, 4) is 0 Å². The van der Waals surface area contributed by atoms with Gasteiger partial charge in [-0.1, -0.05) is 18.2 Å². The first-order valence-electron chi connectivity index (χ1n) is 10.5. The van der Waals surface area contributed by atoms with Crippen LogP contribution in [0.1, 0.15) is 28.8 Å². The van der Waals surface area contributed by atoms with Crippen LogP contribution in [0.5, 0.6) is 0 Å². The Hall–Kier alpha value is -2.21. The highest BCUT2D eigenvalue weighted by molar-refractivity contribution is 14.0. The maximum Gasteiger partial charge on any atom is 0.194 e. The molecule has 0 radical (unpaired) electrons. The number of guanidine groups is 1. The van der Waals surface area contributed by atoms with Gasteiger partial charge in [0.2, 0.25) is 0 Å². The average molecular weight is 569 g/mol. The maximum absolute atomic E-state index is 4.82. The topological polar surface area (TPSA) is 74.5 Å². The number of halogens is 1. The summed E-state index contributed by atoms with van der Waals surface area (Å²) in [7, 11) is 6.13. The summed E-state index contributed by atoms with van der Waals surface area (Å²) < 4.78 is 1.97. The Morgan fingerprint density at radius 1 is 1.16 bits per heavy atom. The number of hydrogen-bond acceptors (Lipinski definition) is 6. The molecule has 10 heteroatoms. The predicted octanol–water partition coefficient (Wildman–Crippen LogP) is 3.61. The molecule has 0 unspecified atom stereocenters. The molecule has 0 fully saturated rings. The molecule has 2 aromatic heterocycles. The molecular weight excluding hydrogens is 535 g/mol. The van der Waals surface area contributed by atoms with Crippen LogP contribution >= 0.6 is 35.3 Å². The summed E-state index contributed by atoms with van der Waals surface area (Å²) in [6.07, 6.45) is 0.997. The molecule has 32 heavy (non-hydrogen) atoms. The van der Waals surface area contributed by atoms with Crippen molar-refractivity contribution >= 4 is 47.0 Å². The highest BCUT2D eigenvalue weighted by Crippen LogP contribution is 2.12. The van der Waals surface area contributed by atoms with E-state index < -0.39 is 0 Å². The summed E-state index contributed by atoms with van der Waals surface area (Å²) in [5.41, 5.74) is 2.28. The van der Waals surface area contributed by atoms with E-state index in [4.69, 9.17) is 4.99 Å². The monoisotopic (exact) mass is 568 g/mol. The molecule has 0 atom stereocenters. The Labute approximate surface area is 211 Å². The van der Waals surface area contributed by atoms with Gasteiger partial charge in [-0.3, -0.25) is 0 Å². The molecular formula is C22H33IN8S. The zero-order chi connectivity index (χ0) is 22.2. The molecule has 1 N–H and O–H groups in total. The van der Waals surface area contributed by atoms with E-state index in [1.807, 2.05) is 38.6 Å². The van der Waals surface area contributed by atoms with Gasteiger partial charge >= 0.3 is 0 Å². The lowest BCUT2D eigenvalue weighted by Crippen LogP contribution is -2.40. The molecule has 174 valence electrons. The van der Waals surface area contributed by atoms with Gasteiger partial charge in [0.15, 0.2) is 11.8 Å². The summed E-state index contributed by atoms with van der Waals surface area (Å²) in [5.74, 6) is 2.57. The fourth-order valence-corrected chi connectivity index (χ4v) is 3.78. The largest absolute Gasteiger partial charge is 0.375 e. The van der Waals surface area contributed by atoms with Gasteiger partial charge in [-0.25, -0.2) is 9.98 Å². The lowest BCUT2D eigenvalue weighted by molar-refractivity contribution is 0.467. The Balaban J connectivity index is 0.00000363. The van der Waals surface area contributed by atoms with E-state index in [0.29, 0.717) is 13.1 Å². The van der Waals surface area contributed by atoms with E-state index in [9.17, 15) is 0 Å². The molecule has 3 rings (SSSR count). The van der Waals surface area contributed by atoms with Crippen molar-refractivity contribution in [1.82, 2.24) is 30.0 Å². The van der Waals surface area contributed by atoms with Gasteiger partial charge in [0.1, 0.15) is 12.4 Å². The fourth-order valence-electron chi connectivity index (χ4n) is 3.17. The van der Waals surface area contributed by atoms with Crippen LogP contribution in [0, 0.1) is 13.8 Å². The third kappa shape index (κ3) is 7.44. The summed E-state index contributed by atoms with van der Waals surface area (Å²) in [6, 6.07) is 10.4. The second kappa shape index (κ2) is 12.7. The standard InChI is InChI=1S/C22H32N8S.HI/c1-17-26-27-21(30(17)5)14-24-22(29(4)15-19-16-31-18(2)25-19)23-12-9-13-28(3)20-10-7-6-8-11-20;/h6-8,10-11,16H,9,12-15H2,1-5H3,(H,23,24);1H. The smallest absolute Gasteiger partial charge is 0.194 e. The van der Waals surface area contributed by atoms with Crippen LogP contribution in [0.4, 0.5) is 5.69 Å². The van der Waals surface area contributed by atoms with Crippen LogP contribution in [0.25, 0.3) is 0 Å². The first-order chi connectivity index (χ1) is 14.9. The van der Waals surface area contributed by atoms with E-state index >= 15 is 0 Å². The SMILES string of the molecule is Cc1nc(CN(C)C(=NCc2nnc(C)n2C)NCCCN(C)c2ccccc2)cs1.I. The van der Waals surface area contributed by atoms with Gasteiger partial charge in [-0.15, -0.1) is 45.5 Å². The summed E-state index contributed by atoms with van der Waals surface area (Å²) in [5, 5.41) is 15.1. The van der Waals surface area contributed by atoms with E-state index in [1.165, 1.54) is 5.69 Å². The Bertz CT molecular complexity index is 985. The predicted molar refractivity (Wildman–Crippen MR) is 143 cm³/mol. The second-order valence-corrected chi connectivity index (χ2v) is 8.68. The van der Waals surface area contributed by atoms with Crippen molar-refractivity contribution in [2.24, 2.45) is 12.0 Å². The maximum atomic E-state index is 4.82. The number of nitrogens with zero attached hydrogens (tertiary/aromatic N) is 7. The fraction of sp³-hybridized carbons (Fsp3) is 0.455. The number of aryl methyl sites for hydroxylation is 2. The Morgan fingerprint density at radius 2 is 1.91 bits per heavy atom. The zero-order valence-corrected chi connectivity index (χ0v) is 22.6. The van der Waals surface area contributed by atoms with Crippen molar-refractivity contribution in [1.29, 1.82) is 0 Å². The minimum Gasteiger partial charge on any atom is -0.375 e.